The Morgan fingerprint density at radius 3 is 3.00 bits per heavy atom. The number of halogens is 1. The van der Waals surface area contributed by atoms with Crippen LogP contribution in [0.1, 0.15) is 17.2 Å². The smallest absolute Gasteiger partial charge is 0.128 e. The molecule has 0 bridgehead atoms. The highest BCUT2D eigenvalue weighted by Crippen LogP contribution is 2.23. The van der Waals surface area contributed by atoms with E-state index in [9.17, 15) is 4.39 Å². The summed E-state index contributed by atoms with van der Waals surface area (Å²) in [5.74, 6) is -0.250. The second-order valence-corrected chi connectivity index (χ2v) is 4.72. The number of likely N-dealkylation sites (N-methyl/N-ethyl adjacent to an activating group) is 1. The molecule has 1 saturated heterocycles. The lowest BCUT2D eigenvalue weighted by molar-refractivity contribution is -0.0331. The Labute approximate surface area is 101 Å². The minimum absolute atomic E-state index is 0.134. The second kappa shape index (κ2) is 5.12. The summed E-state index contributed by atoms with van der Waals surface area (Å²) in [7, 11) is 2.02. The number of hydrogen-bond donors (Lipinski definition) is 1. The van der Waals surface area contributed by atoms with Crippen molar-refractivity contribution in [1.82, 2.24) is 4.90 Å². The fourth-order valence-electron chi connectivity index (χ4n) is 2.15. The van der Waals surface area contributed by atoms with Crippen LogP contribution in [0.15, 0.2) is 18.2 Å². The van der Waals surface area contributed by atoms with Crippen LogP contribution in [0.2, 0.25) is 0 Å². The van der Waals surface area contributed by atoms with Gasteiger partial charge in [-0.1, -0.05) is 17.7 Å². The number of nitrogens with zero attached hydrogens (tertiary/aromatic N) is 1. The van der Waals surface area contributed by atoms with Gasteiger partial charge in [-0.25, -0.2) is 4.39 Å². The van der Waals surface area contributed by atoms with E-state index in [0.717, 1.165) is 18.7 Å². The maximum atomic E-state index is 13.7. The van der Waals surface area contributed by atoms with E-state index in [1.807, 2.05) is 14.0 Å². The van der Waals surface area contributed by atoms with Crippen molar-refractivity contribution in [2.45, 2.75) is 19.1 Å². The summed E-state index contributed by atoms with van der Waals surface area (Å²) in [5, 5.41) is 0. The van der Waals surface area contributed by atoms with Crippen molar-refractivity contribution in [1.29, 1.82) is 0 Å². The predicted molar refractivity (Wildman–Crippen MR) is 65.3 cm³/mol. The monoisotopic (exact) mass is 238 g/mol. The molecule has 2 N–H and O–H groups in total. The second-order valence-electron chi connectivity index (χ2n) is 4.72. The Morgan fingerprint density at radius 1 is 1.53 bits per heavy atom. The van der Waals surface area contributed by atoms with Gasteiger partial charge in [0.2, 0.25) is 0 Å². The molecule has 2 unspecified atom stereocenters. The molecule has 1 fully saturated rings. The lowest BCUT2D eigenvalue weighted by atomic mass is 9.99. The molecule has 4 heteroatoms. The van der Waals surface area contributed by atoms with Crippen LogP contribution >= 0.6 is 0 Å². The lowest BCUT2D eigenvalue weighted by Crippen LogP contribution is -2.45. The van der Waals surface area contributed by atoms with Gasteiger partial charge in [0.25, 0.3) is 0 Å². The third-order valence-electron chi connectivity index (χ3n) is 3.21. The van der Waals surface area contributed by atoms with Crippen molar-refractivity contribution in [3.63, 3.8) is 0 Å². The number of ether oxygens (including phenoxy) is 1. The van der Waals surface area contributed by atoms with Crippen LogP contribution in [0.5, 0.6) is 0 Å². The molecule has 94 valence electrons. The molecule has 2 atom stereocenters. The van der Waals surface area contributed by atoms with E-state index in [-0.39, 0.29) is 11.9 Å². The van der Waals surface area contributed by atoms with E-state index >= 15 is 0 Å². The van der Waals surface area contributed by atoms with Gasteiger partial charge in [-0.3, -0.25) is 0 Å². The summed E-state index contributed by atoms with van der Waals surface area (Å²) in [6, 6.07) is 4.62. The molecule has 1 aliphatic heterocycles. The third-order valence-corrected chi connectivity index (χ3v) is 3.21. The summed E-state index contributed by atoms with van der Waals surface area (Å²) < 4.78 is 19.3. The molecule has 0 aliphatic carbocycles. The maximum absolute atomic E-state index is 13.7. The minimum Gasteiger partial charge on any atom is -0.374 e. The number of nitrogens with two attached hydrogens (primary N) is 1. The van der Waals surface area contributed by atoms with Crippen molar-refractivity contribution in [3.05, 3.63) is 35.1 Å². The van der Waals surface area contributed by atoms with E-state index in [1.165, 1.54) is 6.07 Å². The lowest BCUT2D eigenvalue weighted by Gasteiger charge is -2.33. The van der Waals surface area contributed by atoms with Crippen molar-refractivity contribution in [2.75, 3.05) is 26.7 Å². The topological polar surface area (TPSA) is 38.5 Å². The number of rotatable bonds is 2. The third kappa shape index (κ3) is 2.83. The predicted octanol–water partition coefficient (Wildman–Crippen LogP) is 1.46. The van der Waals surface area contributed by atoms with Gasteiger partial charge >= 0.3 is 0 Å². The van der Waals surface area contributed by atoms with Crippen LogP contribution in [0.4, 0.5) is 4.39 Å². The maximum Gasteiger partial charge on any atom is 0.128 e. The molecule has 0 radical (unpaired) electrons. The molecular formula is C13H19FN2O. The highest BCUT2D eigenvalue weighted by Gasteiger charge is 2.26. The van der Waals surface area contributed by atoms with Crippen molar-refractivity contribution < 1.29 is 9.13 Å². The number of benzene rings is 1. The Hall–Kier alpha value is -0.970. The fourth-order valence-corrected chi connectivity index (χ4v) is 2.15. The molecule has 0 aromatic heterocycles. The van der Waals surface area contributed by atoms with Crippen LogP contribution in [-0.4, -0.2) is 37.7 Å². The van der Waals surface area contributed by atoms with Gasteiger partial charge < -0.3 is 15.4 Å². The summed E-state index contributed by atoms with van der Waals surface area (Å²) in [5.41, 5.74) is 7.67. The Bertz CT molecular complexity index is 397. The normalized spacial score (nSPS) is 23.6. The van der Waals surface area contributed by atoms with Crippen molar-refractivity contribution in [3.8, 4) is 0 Å². The molecule has 2 rings (SSSR count). The molecule has 1 aromatic carbocycles. The standard InChI is InChI=1S/C13H19FN2O/c1-9-3-4-11(14)10(7-9)13(15)12-8-16(2)5-6-17-12/h3-4,7,12-13H,5-6,8,15H2,1-2H3. The van der Waals surface area contributed by atoms with Crippen LogP contribution in [0.25, 0.3) is 0 Å². The molecule has 1 aromatic rings. The molecule has 1 heterocycles. The summed E-state index contributed by atoms with van der Waals surface area (Å²) in [6.07, 6.45) is -0.134. The van der Waals surface area contributed by atoms with Crippen molar-refractivity contribution >= 4 is 0 Å². The first-order valence-corrected chi connectivity index (χ1v) is 5.89. The van der Waals surface area contributed by atoms with Crippen molar-refractivity contribution in [2.24, 2.45) is 5.73 Å². The molecule has 1 aliphatic rings. The Balaban J connectivity index is 2.18. The fraction of sp³-hybridized carbons (Fsp3) is 0.538. The average Bonchev–Trinajstić information content (AvgIpc) is 2.31. The SMILES string of the molecule is Cc1ccc(F)c(C(N)C2CN(C)CCO2)c1. The summed E-state index contributed by atoms with van der Waals surface area (Å²) >= 11 is 0. The van der Waals surface area contributed by atoms with Gasteiger partial charge in [-0.05, 0) is 20.0 Å². The number of aryl methyl sites for hydroxylation is 1. The van der Waals surface area contributed by atoms with Gasteiger partial charge in [-0.15, -0.1) is 0 Å². The van der Waals surface area contributed by atoms with Crippen LogP contribution in [0, 0.1) is 12.7 Å². The highest BCUT2D eigenvalue weighted by molar-refractivity contribution is 5.27. The van der Waals surface area contributed by atoms with Gasteiger partial charge in [0, 0.05) is 18.7 Å². The van der Waals surface area contributed by atoms with E-state index in [0.29, 0.717) is 12.2 Å². The Morgan fingerprint density at radius 2 is 2.29 bits per heavy atom. The first-order valence-electron chi connectivity index (χ1n) is 5.89. The van der Waals surface area contributed by atoms with E-state index in [4.69, 9.17) is 10.5 Å². The minimum atomic E-state index is -0.405. The molecular weight excluding hydrogens is 219 g/mol. The van der Waals surface area contributed by atoms with Crippen LogP contribution < -0.4 is 5.73 Å². The first-order chi connectivity index (χ1) is 8.08. The zero-order valence-electron chi connectivity index (χ0n) is 10.3. The Kier molecular flexibility index (Phi) is 3.76. The molecule has 17 heavy (non-hydrogen) atoms. The molecule has 0 saturated carbocycles. The van der Waals surface area contributed by atoms with Gasteiger partial charge in [0.1, 0.15) is 5.82 Å². The van der Waals surface area contributed by atoms with Gasteiger partial charge in [-0.2, -0.15) is 0 Å². The van der Waals surface area contributed by atoms with E-state index in [1.54, 1.807) is 12.1 Å². The molecule has 0 amide bonds. The quantitative estimate of drug-likeness (QED) is 0.848. The average molecular weight is 238 g/mol. The first kappa shape index (κ1) is 12.5. The zero-order chi connectivity index (χ0) is 12.4. The van der Waals surface area contributed by atoms with E-state index < -0.39 is 6.04 Å². The van der Waals surface area contributed by atoms with Gasteiger partial charge in [0.05, 0.1) is 18.8 Å². The van der Waals surface area contributed by atoms with Crippen LogP contribution in [-0.2, 0) is 4.74 Å². The zero-order valence-corrected chi connectivity index (χ0v) is 10.3. The number of hydrogen-bond acceptors (Lipinski definition) is 3. The van der Waals surface area contributed by atoms with E-state index in [2.05, 4.69) is 4.90 Å². The summed E-state index contributed by atoms with van der Waals surface area (Å²) in [4.78, 5) is 2.15. The molecule has 3 nitrogen and oxygen atoms in total. The highest BCUT2D eigenvalue weighted by atomic mass is 19.1. The summed E-state index contributed by atoms with van der Waals surface area (Å²) in [6.45, 7) is 4.24. The van der Waals surface area contributed by atoms with Crippen LogP contribution in [0.3, 0.4) is 0 Å². The molecule has 0 spiro atoms. The number of morpholine rings is 1. The largest absolute Gasteiger partial charge is 0.374 e. The van der Waals surface area contributed by atoms with Gasteiger partial charge in [0.15, 0.2) is 0 Å².